The first-order chi connectivity index (χ1) is 11.6. The Morgan fingerprint density at radius 1 is 1.21 bits per heavy atom. The van der Waals surface area contributed by atoms with Crippen molar-refractivity contribution in [3.8, 4) is 11.6 Å². The molecule has 0 aliphatic carbocycles. The molecule has 0 radical (unpaired) electrons. The molecule has 1 aromatic carbocycles. The Kier molecular flexibility index (Phi) is 5.92. The third-order valence-electron chi connectivity index (χ3n) is 3.16. The Morgan fingerprint density at radius 3 is 2.42 bits per heavy atom. The summed E-state index contributed by atoms with van der Waals surface area (Å²) in [5.74, 6) is 0.484. The molecule has 0 saturated heterocycles. The van der Waals surface area contributed by atoms with Gasteiger partial charge < -0.3 is 10.5 Å². The quantitative estimate of drug-likeness (QED) is 0.737. The fourth-order valence-electron chi connectivity index (χ4n) is 1.96. The minimum absolute atomic E-state index is 0.355. The van der Waals surface area contributed by atoms with Crippen LogP contribution in [0.1, 0.15) is 16.1 Å². The van der Waals surface area contributed by atoms with Crippen LogP contribution in [0.5, 0.6) is 5.88 Å². The topological polar surface area (TPSA) is 83.0 Å². The lowest BCUT2D eigenvalue weighted by Crippen LogP contribution is -1.95. The summed E-state index contributed by atoms with van der Waals surface area (Å²) in [5.41, 5.74) is 7.94. The molecule has 0 spiro atoms. The molecule has 0 aliphatic heterocycles. The number of nitrogens with zero attached hydrogens (tertiary/aromatic N) is 3. The van der Waals surface area contributed by atoms with Gasteiger partial charge in [-0.3, -0.25) is 4.79 Å². The molecular formula is C17H17ClN4O2. The molecule has 2 aromatic heterocycles. The van der Waals surface area contributed by atoms with E-state index in [1.54, 1.807) is 37.0 Å². The summed E-state index contributed by atoms with van der Waals surface area (Å²) in [5, 5.41) is 4.56. The molecule has 0 saturated carbocycles. The summed E-state index contributed by atoms with van der Waals surface area (Å²) >= 11 is 6.03. The van der Waals surface area contributed by atoms with E-state index in [1.165, 1.54) is 0 Å². The first-order valence-electron chi connectivity index (χ1n) is 7.08. The van der Waals surface area contributed by atoms with Gasteiger partial charge in [-0.2, -0.15) is 5.10 Å². The van der Waals surface area contributed by atoms with Crippen molar-refractivity contribution in [2.45, 2.75) is 6.92 Å². The van der Waals surface area contributed by atoms with Crippen LogP contribution >= 0.6 is 11.6 Å². The zero-order valence-corrected chi connectivity index (χ0v) is 14.1. The van der Waals surface area contributed by atoms with E-state index in [1.807, 2.05) is 30.3 Å². The largest absolute Gasteiger partial charge is 0.480 e. The number of rotatable bonds is 3. The second kappa shape index (κ2) is 8.12. The minimum atomic E-state index is 0.355. The van der Waals surface area contributed by atoms with Crippen molar-refractivity contribution in [3.63, 3.8) is 0 Å². The highest BCUT2D eigenvalue weighted by Gasteiger charge is 2.13. The summed E-state index contributed by atoms with van der Waals surface area (Å²) in [6.07, 6.45) is 2.36. The average molecular weight is 345 g/mol. The lowest BCUT2D eigenvalue weighted by atomic mass is 10.3. The van der Waals surface area contributed by atoms with Gasteiger partial charge >= 0.3 is 0 Å². The number of aryl methyl sites for hydroxylation is 1. The molecule has 0 atom stereocenters. The van der Waals surface area contributed by atoms with Gasteiger partial charge in [0.05, 0.1) is 29.7 Å². The maximum absolute atomic E-state index is 10.8. The molecule has 7 heteroatoms. The Labute approximate surface area is 144 Å². The Hall–Kier alpha value is -2.86. The number of pyridine rings is 1. The molecule has 0 fully saturated rings. The lowest BCUT2D eigenvalue weighted by Gasteiger charge is -2.01. The molecule has 24 heavy (non-hydrogen) atoms. The maximum atomic E-state index is 10.8. The number of halogens is 1. The van der Waals surface area contributed by atoms with Crippen LogP contribution in [0.3, 0.4) is 0 Å². The van der Waals surface area contributed by atoms with Gasteiger partial charge in [0.1, 0.15) is 5.15 Å². The van der Waals surface area contributed by atoms with Crippen molar-refractivity contribution in [2.75, 3.05) is 12.8 Å². The molecule has 3 rings (SSSR count). The van der Waals surface area contributed by atoms with Crippen LogP contribution in [0.4, 0.5) is 5.69 Å². The fourth-order valence-corrected chi connectivity index (χ4v) is 2.28. The monoisotopic (exact) mass is 344 g/mol. The van der Waals surface area contributed by atoms with Gasteiger partial charge in [0.2, 0.25) is 5.88 Å². The number of aromatic nitrogens is 3. The molecule has 124 valence electrons. The summed E-state index contributed by atoms with van der Waals surface area (Å²) in [6.45, 7) is 1.76. The highest BCUT2D eigenvalue weighted by molar-refractivity contribution is 6.32. The number of aldehydes is 1. The van der Waals surface area contributed by atoms with Crippen LogP contribution in [0.2, 0.25) is 5.15 Å². The zero-order valence-electron chi connectivity index (χ0n) is 13.3. The first-order valence-corrected chi connectivity index (χ1v) is 7.46. The second-order valence-electron chi connectivity index (χ2n) is 4.76. The molecule has 2 heterocycles. The minimum Gasteiger partial charge on any atom is -0.480 e. The number of nitrogen functional groups attached to an aromatic ring is 1. The molecule has 2 N–H and O–H groups in total. The third-order valence-corrected chi connectivity index (χ3v) is 3.52. The number of para-hydroxylation sites is 1. The van der Waals surface area contributed by atoms with E-state index in [-0.39, 0.29) is 0 Å². The molecule has 0 aliphatic rings. The van der Waals surface area contributed by atoms with Crippen molar-refractivity contribution in [1.82, 2.24) is 14.8 Å². The van der Waals surface area contributed by atoms with E-state index in [4.69, 9.17) is 22.1 Å². The number of carbonyl (C=O) groups is 1. The van der Waals surface area contributed by atoms with Gasteiger partial charge in [-0.05, 0) is 31.2 Å². The number of nitrogens with two attached hydrogens (primary N) is 1. The van der Waals surface area contributed by atoms with Crippen molar-refractivity contribution >= 4 is 23.6 Å². The zero-order chi connectivity index (χ0) is 17.5. The second-order valence-corrected chi connectivity index (χ2v) is 5.12. The molecule has 6 nitrogen and oxygen atoms in total. The standard InChI is InChI=1S/C11H9ClN2O.C6H8N2O/c1-8-10(7-15)11(12)14(13-8)9-5-3-2-4-6-9;1-9-6-5(7)3-2-4-8-6/h2-7H,1H3;2-4H,7H2,1H3. The lowest BCUT2D eigenvalue weighted by molar-refractivity contribution is 0.112. The van der Waals surface area contributed by atoms with E-state index < -0.39 is 0 Å². The SMILES string of the molecule is COc1ncccc1N.Cc1nn(-c2ccccc2)c(Cl)c1C=O. The molecular weight excluding hydrogens is 328 g/mol. The number of methoxy groups -OCH3 is 1. The maximum Gasteiger partial charge on any atom is 0.236 e. The van der Waals surface area contributed by atoms with Crippen molar-refractivity contribution in [2.24, 2.45) is 0 Å². The number of anilines is 1. The molecule has 3 aromatic rings. The van der Waals surface area contributed by atoms with E-state index in [0.29, 0.717) is 28.0 Å². The van der Waals surface area contributed by atoms with Gasteiger partial charge in [-0.25, -0.2) is 9.67 Å². The fraction of sp³-hybridized carbons (Fsp3) is 0.118. The molecule has 0 unspecified atom stereocenters. The van der Waals surface area contributed by atoms with Crippen LogP contribution in [0.25, 0.3) is 5.69 Å². The van der Waals surface area contributed by atoms with Gasteiger partial charge in [-0.15, -0.1) is 0 Å². The highest BCUT2D eigenvalue weighted by Crippen LogP contribution is 2.21. The number of ether oxygens (including phenoxy) is 1. The summed E-state index contributed by atoms with van der Waals surface area (Å²) in [6, 6.07) is 13.0. The van der Waals surface area contributed by atoms with Crippen molar-refractivity contribution in [1.29, 1.82) is 0 Å². The summed E-state index contributed by atoms with van der Waals surface area (Å²) < 4.78 is 6.37. The molecule has 0 bridgehead atoms. The van der Waals surface area contributed by atoms with Crippen LogP contribution in [-0.2, 0) is 0 Å². The Morgan fingerprint density at radius 2 is 1.92 bits per heavy atom. The van der Waals surface area contributed by atoms with E-state index in [0.717, 1.165) is 12.0 Å². The van der Waals surface area contributed by atoms with E-state index in [2.05, 4.69) is 10.1 Å². The van der Waals surface area contributed by atoms with Gasteiger partial charge in [0.15, 0.2) is 6.29 Å². The summed E-state index contributed by atoms with van der Waals surface area (Å²) in [4.78, 5) is 14.6. The van der Waals surface area contributed by atoms with E-state index in [9.17, 15) is 4.79 Å². The normalized spacial score (nSPS) is 9.79. The van der Waals surface area contributed by atoms with Crippen LogP contribution in [0, 0.1) is 6.92 Å². The molecule has 0 amide bonds. The third kappa shape index (κ3) is 3.91. The summed E-state index contributed by atoms with van der Waals surface area (Å²) in [7, 11) is 1.54. The number of benzene rings is 1. The van der Waals surface area contributed by atoms with Gasteiger partial charge in [0, 0.05) is 6.20 Å². The number of hydrogen-bond acceptors (Lipinski definition) is 5. The Balaban J connectivity index is 0.000000198. The van der Waals surface area contributed by atoms with Gasteiger partial charge in [0.25, 0.3) is 0 Å². The average Bonchev–Trinajstić information content (AvgIpc) is 2.90. The van der Waals surface area contributed by atoms with Crippen LogP contribution < -0.4 is 10.5 Å². The highest BCUT2D eigenvalue weighted by atomic mass is 35.5. The van der Waals surface area contributed by atoms with Crippen LogP contribution in [0.15, 0.2) is 48.7 Å². The van der Waals surface area contributed by atoms with E-state index >= 15 is 0 Å². The first kappa shape index (κ1) is 17.5. The van der Waals surface area contributed by atoms with Crippen molar-refractivity contribution < 1.29 is 9.53 Å². The number of carbonyl (C=O) groups excluding carboxylic acids is 1. The smallest absolute Gasteiger partial charge is 0.236 e. The Bertz CT molecular complexity index is 819. The number of hydrogen-bond donors (Lipinski definition) is 1. The predicted octanol–water partition coefficient (Wildman–Crippen LogP) is 3.32. The van der Waals surface area contributed by atoms with Crippen LogP contribution in [-0.4, -0.2) is 28.2 Å². The van der Waals surface area contributed by atoms with Crippen molar-refractivity contribution in [3.05, 3.63) is 65.1 Å². The van der Waals surface area contributed by atoms with Gasteiger partial charge in [-0.1, -0.05) is 29.8 Å². The predicted molar refractivity (Wildman–Crippen MR) is 93.9 cm³/mol.